The molecule has 0 saturated carbocycles. The van der Waals surface area contributed by atoms with Gasteiger partial charge in [0.1, 0.15) is 0 Å². The van der Waals surface area contributed by atoms with Crippen LogP contribution in [0.5, 0.6) is 0 Å². The number of ether oxygens (including phenoxy) is 1. The van der Waals surface area contributed by atoms with Crippen LogP contribution >= 0.6 is 0 Å². The Labute approximate surface area is 99.9 Å². The zero-order chi connectivity index (χ0) is 11.8. The van der Waals surface area contributed by atoms with E-state index in [4.69, 9.17) is 4.74 Å². The molecule has 1 aliphatic heterocycles. The van der Waals surface area contributed by atoms with Crippen molar-refractivity contribution in [1.29, 1.82) is 0 Å². The van der Waals surface area contributed by atoms with E-state index in [2.05, 4.69) is 22.2 Å². The monoisotopic (exact) mass is 229 g/mol. The van der Waals surface area contributed by atoms with Crippen LogP contribution < -0.4 is 5.32 Å². The van der Waals surface area contributed by atoms with Crippen LogP contribution in [0.4, 0.5) is 0 Å². The predicted octanol–water partition coefficient (Wildman–Crippen LogP) is 0.248. The fraction of sp³-hybridized carbons (Fsp3) is 1.00. The van der Waals surface area contributed by atoms with E-state index >= 15 is 0 Å². The topological polar surface area (TPSA) is 27.7 Å². The first-order valence-corrected chi connectivity index (χ1v) is 6.33. The molecule has 0 aromatic rings. The van der Waals surface area contributed by atoms with E-state index in [0.717, 1.165) is 19.7 Å². The Kier molecular flexibility index (Phi) is 6.96. The molecule has 0 bridgehead atoms. The van der Waals surface area contributed by atoms with Gasteiger partial charge in [-0.05, 0) is 40.0 Å². The maximum atomic E-state index is 5.17. The van der Waals surface area contributed by atoms with Crippen LogP contribution in [0.1, 0.15) is 12.8 Å². The fourth-order valence-corrected chi connectivity index (χ4v) is 2.21. The summed E-state index contributed by atoms with van der Waals surface area (Å²) < 4.78 is 5.17. The molecule has 0 aliphatic carbocycles. The van der Waals surface area contributed by atoms with Crippen molar-refractivity contribution in [2.45, 2.75) is 18.9 Å². The summed E-state index contributed by atoms with van der Waals surface area (Å²) in [7, 11) is 5.95. The van der Waals surface area contributed by atoms with Gasteiger partial charge >= 0.3 is 0 Å². The van der Waals surface area contributed by atoms with Gasteiger partial charge in [0.05, 0.1) is 6.61 Å². The third-order valence-electron chi connectivity index (χ3n) is 3.30. The van der Waals surface area contributed by atoms with Crippen molar-refractivity contribution in [2.24, 2.45) is 0 Å². The quantitative estimate of drug-likeness (QED) is 0.646. The highest BCUT2D eigenvalue weighted by Gasteiger charge is 2.13. The molecule has 0 radical (unpaired) electrons. The van der Waals surface area contributed by atoms with E-state index in [1.165, 1.54) is 32.5 Å². The molecule has 1 heterocycles. The van der Waals surface area contributed by atoms with Gasteiger partial charge in [-0.3, -0.25) is 0 Å². The van der Waals surface area contributed by atoms with E-state index in [1.54, 1.807) is 7.11 Å². The molecule has 0 amide bonds. The number of nitrogens with one attached hydrogen (secondary N) is 1. The molecule has 0 aromatic heterocycles. The van der Waals surface area contributed by atoms with Crippen molar-refractivity contribution in [3.05, 3.63) is 0 Å². The number of rotatable bonds is 8. The van der Waals surface area contributed by atoms with E-state index in [-0.39, 0.29) is 0 Å². The molecule has 0 aromatic carbocycles. The zero-order valence-corrected chi connectivity index (χ0v) is 11.0. The highest BCUT2D eigenvalue weighted by atomic mass is 16.5. The molecule has 1 unspecified atom stereocenters. The minimum Gasteiger partial charge on any atom is -0.383 e. The third-order valence-corrected chi connectivity index (χ3v) is 3.30. The van der Waals surface area contributed by atoms with Gasteiger partial charge in [0.2, 0.25) is 0 Å². The third kappa shape index (κ3) is 5.25. The van der Waals surface area contributed by atoms with Crippen molar-refractivity contribution < 1.29 is 4.74 Å². The average molecular weight is 229 g/mol. The van der Waals surface area contributed by atoms with Gasteiger partial charge in [-0.25, -0.2) is 0 Å². The molecule has 1 fully saturated rings. The SMILES string of the molecule is CNC(COC)CN(C)CCN1CCCC1. The van der Waals surface area contributed by atoms with E-state index < -0.39 is 0 Å². The van der Waals surface area contributed by atoms with Crippen molar-refractivity contribution in [1.82, 2.24) is 15.1 Å². The summed E-state index contributed by atoms with van der Waals surface area (Å²) in [6.45, 7) is 6.78. The van der Waals surface area contributed by atoms with Gasteiger partial charge < -0.3 is 19.9 Å². The molecule has 16 heavy (non-hydrogen) atoms. The summed E-state index contributed by atoms with van der Waals surface area (Å²) >= 11 is 0. The van der Waals surface area contributed by atoms with Crippen molar-refractivity contribution in [3.63, 3.8) is 0 Å². The van der Waals surface area contributed by atoms with E-state index in [0.29, 0.717) is 6.04 Å². The average Bonchev–Trinajstić information content (AvgIpc) is 2.78. The smallest absolute Gasteiger partial charge is 0.0628 e. The number of nitrogens with zero attached hydrogens (tertiary/aromatic N) is 2. The Morgan fingerprint density at radius 1 is 1.38 bits per heavy atom. The van der Waals surface area contributed by atoms with Crippen LogP contribution in [0, 0.1) is 0 Å². The molecule has 1 rings (SSSR count). The number of likely N-dealkylation sites (N-methyl/N-ethyl adjacent to an activating group) is 2. The molecule has 4 nitrogen and oxygen atoms in total. The van der Waals surface area contributed by atoms with Gasteiger partial charge in [0.25, 0.3) is 0 Å². The number of methoxy groups -OCH3 is 1. The Hall–Kier alpha value is -0.160. The molecule has 96 valence electrons. The van der Waals surface area contributed by atoms with Crippen LogP contribution in [-0.2, 0) is 4.74 Å². The van der Waals surface area contributed by atoms with Gasteiger partial charge in [-0.1, -0.05) is 0 Å². The van der Waals surface area contributed by atoms with Crippen LogP contribution in [0.15, 0.2) is 0 Å². The summed E-state index contributed by atoms with van der Waals surface area (Å²) in [6.07, 6.45) is 2.76. The van der Waals surface area contributed by atoms with Crippen molar-refractivity contribution in [2.75, 3.05) is 60.5 Å². The maximum absolute atomic E-state index is 5.17. The predicted molar refractivity (Wildman–Crippen MR) is 67.9 cm³/mol. The lowest BCUT2D eigenvalue weighted by Crippen LogP contribution is -2.42. The molecule has 1 N–H and O–H groups in total. The second-order valence-electron chi connectivity index (χ2n) is 4.75. The molecule has 1 aliphatic rings. The Morgan fingerprint density at radius 3 is 2.62 bits per heavy atom. The van der Waals surface area contributed by atoms with Gasteiger partial charge in [-0.15, -0.1) is 0 Å². The Balaban J connectivity index is 2.10. The van der Waals surface area contributed by atoms with Crippen LogP contribution in [0.3, 0.4) is 0 Å². The molecular weight excluding hydrogens is 202 g/mol. The normalized spacial score (nSPS) is 19.5. The lowest BCUT2D eigenvalue weighted by atomic mass is 10.3. The summed E-state index contributed by atoms with van der Waals surface area (Å²) in [6, 6.07) is 0.438. The van der Waals surface area contributed by atoms with Crippen molar-refractivity contribution >= 4 is 0 Å². The Morgan fingerprint density at radius 2 is 2.06 bits per heavy atom. The lowest BCUT2D eigenvalue weighted by molar-refractivity contribution is 0.145. The zero-order valence-electron chi connectivity index (χ0n) is 11.0. The van der Waals surface area contributed by atoms with Crippen molar-refractivity contribution in [3.8, 4) is 0 Å². The standard InChI is InChI=1S/C12H27N3O/c1-13-12(11-16-3)10-14(2)8-9-15-6-4-5-7-15/h12-13H,4-11H2,1-3H3. The largest absolute Gasteiger partial charge is 0.383 e. The van der Waals surface area contributed by atoms with Gasteiger partial charge in [0.15, 0.2) is 0 Å². The highest BCUT2D eigenvalue weighted by Crippen LogP contribution is 2.06. The lowest BCUT2D eigenvalue weighted by Gasteiger charge is -2.25. The minimum atomic E-state index is 0.438. The molecular formula is C12H27N3O. The minimum absolute atomic E-state index is 0.438. The Bertz CT molecular complexity index is 172. The number of likely N-dealkylation sites (tertiary alicyclic amines) is 1. The van der Waals surface area contributed by atoms with Crippen LogP contribution in [0.2, 0.25) is 0 Å². The van der Waals surface area contributed by atoms with Gasteiger partial charge in [0, 0.05) is 32.8 Å². The molecule has 1 saturated heterocycles. The second-order valence-corrected chi connectivity index (χ2v) is 4.75. The van der Waals surface area contributed by atoms with Crippen LogP contribution in [0.25, 0.3) is 0 Å². The first kappa shape index (κ1) is 13.9. The summed E-state index contributed by atoms with van der Waals surface area (Å²) in [5, 5.41) is 3.28. The highest BCUT2D eigenvalue weighted by molar-refractivity contribution is 4.71. The molecule has 0 spiro atoms. The summed E-state index contributed by atoms with van der Waals surface area (Å²) in [4.78, 5) is 4.94. The van der Waals surface area contributed by atoms with Crippen LogP contribution in [-0.4, -0.2) is 76.4 Å². The number of hydrogen-bond donors (Lipinski definition) is 1. The number of hydrogen-bond acceptors (Lipinski definition) is 4. The maximum Gasteiger partial charge on any atom is 0.0628 e. The van der Waals surface area contributed by atoms with Gasteiger partial charge in [-0.2, -0.15) is 0 Å². The van der Waals surface area contributed by atoms with E-state index in [1.807, 2.05) is 7.05 Å². The fourth-order valence-electron chi connectivity index (χ4n) is 2.21. The van der Waals surface area contributed by atoms with E-state index in [9.17, 15) is 0 Å². The summed E-state index contributed by atoms with van der Waals surface area (Å²) in [5.41, 5.74) is 0. The molecule has 4 heteroatoms. The first-order valence-electron chi connectivity index (χ1n) is 6.33. The first-order chi connectivity index (χ1) is 7.76. The second kappa shape index (κ2) is 8.01. The molecule has 1 atom stereocenters. The summed E-state index contributed by atoms with van der Waals surface area (Å²) in [5.74, 6) is 0.